The van der Waals surface area contributed by atoms with Crippen molar-refractivity contribution in [1.82, 2.24) is 5.32 Å². The van der Waals surface area contributed by atoms with E-state index in [1.807, 2.05) is 0 Å². The van der Waals surface area contributed by atoms with Gasteiger partial charge in [-0.3, -0.25) is 0 Å². The molecule has 2 atom stereocenters. The van der Waals surface area contributed by atoms with Gasteiger partial charge in [-0.1, -0.05) is 44.5 Å². The summed E-state index contributed by atoms with van der Waals surface area (Å²) in [4.78, 5) is 0. The number of benzene rings is 1. The van der Waals surface area contributed by atoms with E-state index in [1.54, 1.807) is 0 Å². The molecule has 1 aromatic carbocycles. The summed E-state index contributed by atoms with van der Waals surface area (Å²) in [5.74, 6) is 0.688. The van der Waals surface area contributed by atoms with Crippen molar-refractivity contribution < 1.29 is 0 Å². The van der Waals surface area contributed by atoms with Gasteiger partial charge in [-0.25, -0.2) is 0 Å². The second-order valence-corrected chi connectivity index (χ2v) is 5.51. The van der Waals surface area contributed by atoms with Gasteiger partial charge in [0.1, 0.15) is 0 Å². The summed E-state index contributed by atoms with van der Waals surface area (Å²) >= 11 is 0. The second kappa shape index (κ2) is 6.20. The Labute approximate surface area is 107 Å². The normalized spacial score (nSPS) is 15.0. The molecule has 0 fully saturated rings. The molecule has 0 aliphatic carbocycles. The molecule has 1 rings (SSSR count). The highest BCUT2D eigenvalue weighted by Gasteiger charge is 2.16. The summed E-state index contributed by atoms with van der Waals surface area (Å²) in [7, 11) is 0. The zero-order valence-electron chi connectivity index (χ0n) is 12.2. The lowest BCUT2D eigenvalue weighted by molar-refractivity contribution is 0.355. The first-order chi connectivity index (χ1) is 7.95. The molecule has 0 aliphatic rings. The minimum Gasteiger partial charge on any atom is -0.307 e. The Bertz CT molecular complexity index is 355. The van der Waals surface area contributed by atoms with E-state index in [0.717, 1.165) is 0 Å². The molecule has 0 heterocycles. The molecule has 0 amide bonds. The van der Waals surface area contributed by atoms with Crippen LogP contribution in [0.4, 0.5) is 0 Å². The molecule has 96 valence electrons. The van der Waals surface area contributed by atoms with Gasteiger partial charge in [0, 0.05) is 12.1 Å². The van der Waals surface area contributed by atoms with Gasteiger partial charge in [0.2, 0.25) is 0 Å². The summed E-state index contributed by atoms with van der Waals surface area (Å²) in [6.07, 6.45) is 1.19. The van der Waals surface area contributed by atoms with Crippen LogP contribution in [-0.4, -0.2) is 6.04 Å². The molecule has 1 N–H and O–H groups in total. The highest BCUT2D eigenvalue weighted by Crippen LogP contribution is 2.21. The molecule has 0 radical (unpaired) electrons. The minimum atomic E-state index is 0.433. The average molecular weight is 233 g/mol. The van der Waals surface area contributed by atoms with Crippen molar-refractivity contribution >= 4 is 0 Å². The lowest BCUT2D eigenvalue weighted by Gasteiger charge is -2.26. The molecule has 1 nitrogen and oxygen atoms in total. The van der Waals surface area contributed by atoms with E-state index in [9.17, 15) is 0 Å². The molecule has 2 unspecified atom stereocenters. The Kier molecular flexibility index (Phi) is 5.20. The Morgan fingerprint density at radius 2 is 1.76 bits per heavy atom. The van der Waals surface area contributed by atoms with Gasteiger partial charge >= 0.3 is 0 Å². The van der Waals surface area contributed by atoms with Crippen LogP contribution in [0.1, 0.15) is 56.8 Å². The lowest BCUT2D eigenvalue weighted by Crippen LogP contribution is -2.35. The van der Waals surface area contributed by atoms with Gasteiger partial charge < -0.3 is 5.32 Å². The minimum absolute atomic E-state index is 0.433. The van der Waals surface area contributed by atoms with Crippen molar-refractivity contribution in [3.8, 4) is 0 Å². The highest BCUT2D eigenvalue weighted by molar-refractivity contribution is 5.32. The third-order valence-corrected chi connectivity index (χ3v) is 3.61. The number of hydrogen-bond acceptors (Lipinski definition) is 1. The molecule has 17 heavy (non-hydrogen) atoms. The van der Waals surface area contributed by atoms with Crippen molar-refractivity contribution in [3.63, 3.8) is 0 Å². The van der Waals surface area contributed by atoms with E-state index in [-0.39, 0.29) is 0 Å². The fourth-order valence-electron chi connectivity index (χ4n) is 2.42. The molecule has 0 aromatic heterocycles. The molecule has 0 saturated carbocycles. The van der Waals surface area contributed by atoms with E-state index >= 15 is 0 Å². The van der Waals surface area contributed by atoms with Crippen molar-refractivity contribution in [1.29, 1.82) is 0 Å². The van der Waals surface area contributed by atoms with Gasteiger partial charge in [0.05, 0.1) is 0 Å². The Morgan fingerprint density at radius 3 is 2.29 bits per heavy atom. The third-order valence-electron chi connectivity index (χ3n) is 3.61. The molecular weight excluding hydrogens is 206 g/mol. The smallest absolute Gasteiger partial charge is 0.0297 e. The maximum absolute atomic E-state index is 3.75. The molecular formula is C16H27N. The van der Waals surface area contributed by atoms with Crippen molar-refractivity contribution in [3.05, 3.63) is 34.9 Å². The van der Waals surface area contributed by atoms with Gasteiger partial charge in [0.15, 0.2) is 0 Å². The fourth-order valence-corrected chi connectivity index (χ4v) is 2.42. The first kappa shape index (κ1) is 14.2. The van der Waals surface area contributed by atoms with Crippen LogP contribution in [0.2, 0.25) is 0 Å². The van der Waals surface area contributed by atoms with Crippen LogP contribution in [0.25, 0.3) is 0 Å². The summed E-state index contributed by atoms with van der Waals surface area (Å²) in [5, 5.41) is 3.75. The van der Waals surface area contributed by atoms with Crippen LogP contribution in [0.3, 0.4) is 0 Å². The summed E-state index contributed by atoms with van der Waals surface area (Å²) in [6, 6.07) is 7.75. The Morgan fingerprint density at radius 1 is 1.12 bits per heavy atom. The van der Waals surface area contributed by atoms with Crippen molar-refractivity contribution in [2.75, 3.05) is 0 Å². The van der Waals surface area contributed by atoms with E-state index in [0.29, 0.717) is 18.0 Å². The quantitative estimate of drug-likeness (QED) is 0.795. The lowest BCUT2D eigenvalue weighted by atomic mass is 9.96. The van der Waals surface area contributed by atoms with E-state index in [4.69, 9.17) is 0 Å². The average Bonchev–Trinajstić information content (AvgIpc) is 2.28. The van der Waals surface area contributed by atoms with Crippen LogP contribution in [-0.2, 0) is 0 Å². The van der Waals surface area contributed by atoms with Gasteiger partial charge in [0.25, 0.3) is 0 Å². The predicted octanol–water partition coefficient (Wildman–Crippen LogP) is 4.39. The SMILES string of the molecule is CCC(NC(C)c1cc(C)ccc1C)C(C)C. The van der Waals surface area contributed by atoms with Crippen molar-refractivity contribution in [2.45, 2.75) is 60.0 Å². The van der Waals surface area contributed by atoms with Crippen LogP contribution in [0, 0.1) is 19.8 Å². The first-order valence-corrected chi connectivity index (χ1v) is 6.78. The highest BCUT2D eigenvalue weighted by atomic mass is 14.9. The molecule has 0 aliphatic heterocycles. The number of rotatable bonds is 5. The standard InChI is InChI=1S/C16H27N/c1-7-16(11(2)3)17-14(6)15-10-12(4)8-9-13(15)5/h8-11,14,16-17H,7H2,1-6H3. The monoisotopic (exact) mass is 233 g/mol. The van der Waals surface area contributed by atoms with Crippen LogP contribution in [0.5, 0.6) is 0 Å². The summed E-state index contributed by atoms with van der Waals surface area (Å²) in [6.45, 7) is 13.5. The number of nitrogens with one attached hydrogen (secondary N) is 1. The summed E-state index contributed by atoms with van der Waals surface area (Å²) in [5.41, 5.74) is 4.16. The maximum atomic E-state index is 3.75. The summed E-state index contributed by atoms with van der Waals surface area (Å²) < 4.78 is 0. The molecule has 0 bridgehead atoms. The van der Waals surface area contributed by atoms with Crippen LogP contribution >= 0.6 is 0 Å². The fraction of sp³-hybridized carbons (Fsp3) is 0.625. The first-order valence-electron chi connectivity index (χ1n) is 6.78. The number of hydrogen-bond donors (Lipinski definition) is 1. The van der Waals surface area contributed by atoms with E-state index in [2.05, 4.69) is 65.1 Å². The van der Waals surface area contributed by atoms with Gasteiger partial charge in [-0.15, -0.1) is 0 Å². The third kappa shape index (κ3) is 3.85. The molecule has 0 saturated heterocycles. The topological polar surface area (TPSA) is 12.0 Å². The zero-order chi connectivity index (χ0) is 13.0. The predicted molar refractivity (Wildman–Crippen MR) is 76.4 cm³/mol. The van der Waals surface area contributed by atoms with Crippen LogP contribution < -0.4 is 5.32 Å². The largest absolute Gasteiger partial charge is 0.307 e. The number of aryl methyl sites for hydroxylation is 2. The van der Waals surface area contributed by atoms with E-state index < -0.39 is 0 Å². The molecule has 0 spiro atoms. The van der Waals surface area contributed by atoms with Crippen LogP contribution in [0.15, 0.2) is 18.2 Å². The second-order valence-electron chi connectivity index (χ2n) is 5.51. The maximum Gasteiger partial charge on any atom is 0.0297 e. The molecule has 1 aromatic rings. The van der Waals surface area contributed by atoms with Crippen molar-refractivity contribution in [2.24, 2.45) is 5.92 Å². The Hall–Kier alpha value is -0.820. The molecule has 1 heteroatoms. The Balaban J connectivity index is 2.81. The van der Waals surface area contributed by atoms with Gasteiger partial charge in [-0.2, -0.15) is 0 Å². The van der Waals surface area contributed by atoms with E-state index in [1.165, 1.54) is 23.1 Å². The zero-order valence-corrected chi connectivity index (χ0v) is 12.2. The van der Waals surface area contributed by atoms with Gasteiger partial charge in [-0.05, 0) is 44.2 Å².